The van der Waals surface area contributed by atoms with Crippen LogP contribution in [0.15, 0.2) is 11.5 Å². The fraction of sp³-hybridized carbons (Fsp3) is 0.778. The van der Waals surface area contributed by atoms with E-state index in [1.165, 1.54) is 12.8 Å². The summed E-state index contributed by atoms with van der Waals surface area (Å²) >= 11 is 0. The zero-order valence-electron chi connectivity index (χ0n) is 7.35. The van der Waals surface area contributed by atoms with Crippen molar-refractivity contribution in [2.45, 2.75) is 33.1 Å². The highest BCUT2D eigenvalue weighted by molar-refractivity contribution is 5.00. The molecule has 2 heteroatoms. The Morgan fingerprint density at radius 3 is 2.64 bits per heavy atom. The molecule has 0 atom stereocenters. The molecule has 0 aliphatic carbocycles. The molecule has 1 aliphatic heterocycles. The molecule has 1 rings (SSSR count). The number of unbranched alkanes of at least 4 members (excludes halogenated alkanes) is 1. The normalized spacial score (nSPS) is 17.6. The molecule has 0 aromatic carbocycles. The Morgan fingerprint density at radius 1 is 1.27 bits per heavy atom. The van der Waals surface area contributed by atoms with Crippen LogP contribution >= 0.6 is 0 Å². The highest BCUT2D eigenvalue weighted by atomic mass is 16.6. The summed E-state index contributed by atoms with van der Waals surface area (Å²) < 4.78 is 10.8. The van der Waals surface area contributed by atoms with Crippen LogP contribution in [0.25, 0.3) is 0 Å². The third-order valence-corrected chi connectivity index (χ3v) is 1.83. The molecular formula is C9H16O2. The van der Waals surface area contributed by atoms with Gasteiger partial charge in [0, 0.05) is 6.42 Å². The van der Waals surface area contributed by atoms with Gasteiger partial charge >= 0.3 is 0 Å². The smallest absolute Gasteiger partial charge is 0.133 e. The molecule has 11 heavy (non-hydrogen) atoms. The summed E-state index contributed by atoms with van der Waals surface area (Å²) in [6.07, 6.45) is 3.43. The Morgan fingerprint density at radius 2 is 2.00 bits per heavy atom. The first-order valence-electron chi connectivity index (χ1n) is 4.30. The largest absolute Gasteiger partial charge is 0.491 e. The first-order valence-corrected chi connectivity index (χ1v) is 4.30. The molecule has 0 spiro atoms. The van der Waals surface area contributed by atoms with Crippen LogP contribution < -0.4 is 0 Å². The zero-order valence-corrected chi connectivity index (χ0v) is 7.35. The van der Waals surface area contributed by atoms with Crippen molar-refractivity contribution in [3.63, 3.8) is 0 Å². The first kappa shape index (κ1) is 8.44. The quantitative estimate of drug-likeness (QED) is 0.625. The zero-order chi connectivity index (χ0) is 8.10. The lowest BCUT2D eigenvalue weighted by molar-refractivity contribution is 0.0582. The topological polar surface area (TPSA) is 18.5 Å². The molecular weight excluding hydrogens is 140 g/mol. The minimum absolute atomic E-state index is 0.710. The summed E-state index contributed by atoms with van der Waals surface area (Å²) in [5, 5.41) is 0. The monoisotopic (exact) mass is 156 g/mol. The van der Waals surface area contributed by atoms with Crippen LogP contribution in [0.5, 0.6) is 0 Å². The summed E-state index contributed by atoms with van der Waals surface area (Å²) in [7, 11) is 0. The average molecular weight is 156 g/mol. The van der Waals surface area contributed by atoms with Crippen LogP contribution in [0.3, 0.4) is 0 Å². The van der Waals surface area contributed by atoms with E-state index in [0.717, 1.165) is 24.5 Å². The van der Waals surface area contributed by atoms with Gasteiger partial charge < -0.3 is 9.47 Å². The van der Waals surface area contributed by atoms with Crippen LogP contribution in [-0.4, -0.2) is 13.2 Å². The number of ether oxygens (including phenoxy) is 2. The second-order valence-electron chi connectivity index (χ2n) is 2.78. The van der Waals surface area contributed by atoms with Gasteiger partial charge in [0.2, 0.25) is 0 Å². The average Bonchev–Trinajstić information content (AvgIpc) is 2.03. The Labute approximate surface area is 68.2 Å². The van der Waals surface area contributed by atoms with Gasteiger partial charge in [0.25, 0.3) is 0 Å². The Balaban J connectivity index is 2.39. The molecule has 0 amide bonds. The maximum absolute atomic E-state index is 5.45. The van der Waals surface area contributed by atoms with Crippen LogP contribution in [0.1, 0.15) is 33.1 Å². The maximum Gasteiger partial charge on any atom is 0.133 e. The van der Waals surface area contributed by atoms with Gasteiger partial charge in [-0.05, 0) is 13.3 Å². The van der Waals surface area contributed by atoms with E-state index in [4.69, 9.17) is 9.47 Å². The molecule has 2 nitrogen and oxygen atoms in total. The van der Waals surface area contributed by atoms with Gasteiger partial charge in [0.1, 0.15) is 24.7 Å². The molecule has 0 fully saturated rings. The predicted molar refractivity (Wildman–Crippen MR) is 44.1 cm³/mol. The summed E-state index contributed by atoms with van der Waals surface area (Å²) in [5.41, 5.74) is 0. The third-order valence-electron chi connectivity index (χ3n) is 1.83. The van der Waals surface area contributed by atoms with Crippen molar-refractivity contribution in [2.24, 2.45) is 0 Å². The Hall–Kier alpha value is -0.660. The van der Waals surface area contributed by atoms with Crippen molar-refractivity contribution in [1.29, 1.82) is 0 Å². The lowest BCUT2D eigenvalue weighted by Crippen LogP contribution is -2.12. The standard InChI is InChI=1S/C9H16O2/c1-3-4-5-9-8(2)10-6-7-11-9/h3-7H2,1-2H3. The second-order valence-corrected chi connectivity index (χ2v) is 2.78. The van der Waals surface area contributed by atoms with Crippen molar-refractivity contribution >= 4 is 0 Å². The van der Waals surface area contributed by atoms with E-state index in [-0.39, 0.29) is 0 Å². The minimum Gasteiger partial charge on any atom is -0.491 e. The van der Waals surface area contributed by atoms with Crippen molar-refractivity contribution in [3.8, 4) is 0 Å². The van der Waals surface area contributed by atoms with Gasteiger partial charge in [-0.15, -0.1) is 0 Å². The van der Waals surface area contributed by atoms with Crippen LogP contribution in [0.4, 0.5) is 0 Å². The summed E-state index contributed by atoms with van der Waals surface area (Å²) in [5.74, 6) is 2.03. The second kappa shape index (κ2) is 4.27. The van der Waals surface area contributed by atoms with Gasteiger partial charge in [-0.1, -0.05) is 13.3 Å². The molecule has 0 aromatic heterocycles. The van der Waals surface area contributed by atoms with E-state index in [2.05, 4.69) is 6.92 Å². The summed E-state index contributed by atoms with van der Waals surface area (Å²) in [6.45, 7) is 5.58. The van der Waals surface area contributed by atoms with Crippen molar-refractivity contribution in [2.75, 3.05) is 13.2 Å². The third kappa shape index (κ3) is 2.45. The SMILES string of the molecule is CCCCC1=C(C)OCCO1. The molecule has 1 heterocycles. The molecule has 0 radical (unpaired) electrons. The minimum atomic E-state index is 0.710. The van der Waals surface area contributed by atoms with Crippen LogP contribution in [-0.2, 0) is 9.47 Å². The van der Waals surface area contributed by atoms with Crippen LogP contribution in [0.2, 0.25) is 0 Å². The molecule has 64 valence electrons. The maximum atomic E-state index is 5.45. The fourth-order valence-corrected chi connectivity index (χ4v) is 1.13. The van der Waals surface area contributed by atoms with Gasteiger partial charge in [0.05, 0.1) is 0 Å². The fourth-order valence-electron chi connectivity index (χ4n) is 1.13. The first-order chi connectivity index (χ1) is 5.34. The number of hydrogen-bond donors (Lipinski definition) is 0. The highest BCUT2D eigenvalue weighted by Crippen LogP contribution is 2.18. The summed E-state index contributed by atoms with van der Waals surface area (Å²) in [4.78, 5) is 0. The Bertz CT molecular complexity index is 150. The van der Waals surface area contributed by atoms with Crippen molar-refractivity contribution in [1.82, 2.24) is 0 Å². The molecule has 0 saturated carbocycles. The predicted octanol–water partition coefficient (Wildman–Crippen LogP) is 2.45. The van der Waals surface area contributed by atoms with E-state index in [9.17, 15) is 0 Å². The lowest BCUT2D eigenvalue weighted by Gasteiger charge is -2.19. The molecule has 0 aromatic rings. The van der Waals surface area contributed by atoms with Gasteiger partial charge in [-0.2, -0.15) is 0 Å². The van der Waals surface area contributed by atoms with Crippen molar-refractivity contribution in [3.05, 3.63) is 11.5 Å². The van der Waals surface area contributed by atoms with Gasteiger partial charge in [-0.25, -0.2) is 0 Å². The van der Waals surface area contributed by atoms with Gasteiger partial charge in [-0.3, -0.25) is 0 Å². The van der Waals surface area contributed by atoms with E-state index >= 15 is 0 Å². The summed E-state index contributed by atoms with van der Waals surface area (Å²) in [6, 6.07) is 0. The van der Waals surface area contributed by atoms with Crippen molar-refractivity contribution < 1.29 is 9.47 Å². The molecule has 0 saturated heterocycles. The lowest BCUT2D eigenvalue weighted by atomic mass is 10.2. The number of hydrogen-bond acceptors (Lipinski definition) is 2. The molecule has 0 unspecified atom stereocenters. The van der Waals surface area contributed by atoms with Gasteiger partial charge in [0.15, 0.2) is 0 Å². The number of allylic oxidation sites excluding steroid dienone is 2. The van der Waals surface area contributed by atoms with E-state index < -0.39 is 0 Å². The number of rotatable bonds is 3. The highest BCUT2D eigenvalue weighted by Gasteiger charge is 2.09. The van der Waals surface area contributed by atoms with E-state index in [1.54, 1.807) is 0 Å². The van der Waals surface area contributed by atoms with E-state index in [0.29, 0.717) is 6.61 Å². The molecule has 0 N–H and O–H groups in total. The molecule has 1 aliphatic rings. The van der Waals surface area contributed by atoms with Crippen LogP contribution in [0, 0.1) is 0 Å². The molecule has 0 bridgehead atoms. The van der Waals surface area contributed by atoms with E-state index in [1.807, 2.05) is 6.92 Å². The Kier molecular flexibility index (Phi) is 3.27.